The third-order valence-corrected chi connectivity index (χ3v) is 8.09. The number of piperazine rings is 1. The zero-order valence-corrected chi connectivity index (χ0v) is 19.6. The molecule has 0 aromatic heterocycles. The van der Waals surface area contributed by atoms with E-state index in [1.165, 1.54) is 30.7 Å². The number of benzene rings is 2. The van der Waals surface area contributed by atoms with Gasteiger partial charge in [0.25, 0.3) is 5.69 Å². The lowest BCUT2D eigenvalue weighted by atomic mass is 10.2. The van der Waals surface area contributed by atoms with Crippen LogP contribution >= 0.6 is 0 Å². The highest BCUT2D eigenvalue weighted by molar-refractivity contribution is 7.89. The molecule has 0 spiro atoms. The Labute approximate surface area is 193 Å². The summed E-state index contributed by atoms with van der Waals surface area (Å²) in [7, 11) is -0.726. The number of nitro benzene ring substituents is 1. The summed E-state index contributed by atoms with van der Waals surface area (Å²) < 4.78 is 38.2. The van der Waals surface area contributed by atoms with E-state index in [2.05, 4.69) is 9.80 Å². The maximum Gasteiger partial charge on any atom is 0.292 e. The Bertz CT molecular complexity index is 1130. The molecule has 11 heteroatoms. The molecular weight excluding hydrogens is 448 g/mol. The molecule has 0 unspecified atom stereocenters. The lowest BCUT2D eigenvalue weighted by molar-refractivity contribution is -0.384. The van der Waals surface area contributed by atoms with Crippen LogP contribution in [0.5, 0.6) is 11.5 Å². The zero-order chi connectivity index (χ0) is 23.6. The van der Waals surface area contributed by atoms with Crippen molar-refractivity contribution in [3.8, 4) is 11.5 Å². The number of hydrogen-bond donors (Lipinski definition) is 0. The Morgan fingerprint density at radius 3 is 2.12 bits per heavy atom. The van der Waals surface area contributed by atoms with Gasteiger partial charge in [0.15, 0.2) is 11.5 Å². The fourth-order valence-electron chi connectivity index (χ4n) is 4.39. The van der Waals surface area contributed by atoms with Crippen LogP contribution in [0.4, 0.5) is 17.1 Å². The van der Waals surface area contributed by atoms with Gasteiger partial charge in [-0.1, -0.05) is 0 Å². The number of nitrogens with zero attached hydrogens (tertiary/aromatic N) is 4. The highest BCUT2D eigenvalue weighted by Gasteiger charge is 2.30. The maximum atomic E-state index is 13.2. The standard InChI is InChI=1S/C22H28N4O6S/c1-31-21-8-6-18(16-22(21)32-2)33(29,30)25-13-11-23(12-14-25)17-5-7-19(26(27)28)20(15-17)24-9-3-4-10-24/h5-8,15-16H,3-4,9-14H2,1-2H3. The van der Waals surface area contributed by atoms with Gasteiger partial charge in [0, 0.05) is 57.1 Å². The molecule has 0 bridgehead atoms. The summed E-state index contributed by atoms with van der Waals surface area (Å²) in [5, 5.41) is 11.5. The molecule has 178 valence electrons. The van der Waals surface area contributed by atoms with Crippen LogP contribution < -0.4 is 19.3 Å². The smallest absolute Gasteiger partial charge is 0.292 e. The van der Waals surface area contributed by atoms with E-state index in [1.54, 1.807) is 18.2 Å². The fraction of sp³-hybridized carbons (Fsp3) is 0.455. The molecule has 2 saturated heterocycles. The summed E-state index contributed by atoms with van der Waals surface area (Å²) in [6, 6.07) is 9.73. The molecule has 2 aromatic rings. The first-order valence-corrected chi connectivity index (χ1v) is 12.3. The average Bonchev–Trinajstić information content (AvgIpc) is 3.38. The third kappa shape index (κ3) is 4.55. The molecule has 0 radical (unpaired) electrons. The summed E-state index contributed by atoms with van der Waals surface area (Å²) in [4.78, 5) is 15.5. The number of ether oxygens (including phenoxy) is 2. The van der Waals surface area contributed by atoms with Crippen LogP contribution in [0.15, 0.2) is 41.3 Å². The van der Waals surface area contributed by atoms with Gasteiger partial charge >= 0.3 is 0 Å². The van der Waals surface area contributed by atoms with E-state index < -0.39 is 10.0 Å². The minimum absolute atomic E-state index is 0.107. The Balaban J connectivity index is 1.51. The van der Waals surface area contributed by atoms with E-state index in [9.17, 15) is 18.5 Å². The first-order chi connectivity index (χ1) is 15.8. The molecule has 0 amide bonds. The molecular formula is C22H28N4O6S. The highest BCUT2D eigenvalue weighted by Crippen LogP contribution is 2.35. The van der Waals surface area contributed by atoms with Crippen molar-refractivity contribution in [1.82, 2.24) is 4.31 Å². The molecule has 0 N–H and O–H groups in total. The van der Waals surface area contributed by atoms with Crippen molar-refractivity contribution < 1.29 is 22.8 Å². The lowest BCUT2D eigenvalue weighted by Gasteiger charge is -2.35. The van der Waals surface area contributed by atoms with Gasteiger partial charge < -0.3 is 19.3 Å². The first-order valence-electron chi connectivity index (χ1n) is 10.9. The molecule has 10 nitrogen and oxygen atoms in total. The van der Waals surface area contributed by atoms with Crippen LogP contribution in [0.1, 0.15) is 12.8 Å². The minimum atomic E-state index is -3.69. The summed E-state index contributed by atoms with van der Waals surface area (Å²) in [6.07, 6.45) is 2.04. The van der Waals surface area contributed by atoms with Gasteiger partial charge in [-0.25, -0.2) is 8.42 Å². The van der Waals surface area contributed by atoms with Crippen molar-refractivity contribution in [2.75, 3.05) is 63.3 Å². The van der Waals surface area contributed by atoms with Crippen LogP contribution in [0, 0.1) is 10.1 Å². The van der Waals surface area contributed by atoms with Gasteiger partial charge in [-0.05, 0) is 37.1 Å². The predicted octanol–water partition coefficient (Wildman–Crippen LogP) is 2.72. The van der Waals surface area contributed by atoms with Crippen molar-refractivity contribution in [3.63, 3.8) is 0 Å². The number of nitro groups is 1. The van der Waals surface area contributed by atoms with Gasteiger partial charge in [0.05, 0.1) is 24.0 Å². The molecule has 0 saturated carbocycles. The van der Waals surface area contributed by atoms with E-state index in [0.717, 1.165) is 31.6 Å². The Morgan fingerprint density at radius 2 is 1.52 bits per heavy atom. The summed E-state index contributed by atoms with van der Waals surface area (Å²) in [5.74, 6) is 0.825. The van der Waals surface area contributed by atoms with Gasteiger partial charge in [0.1, 0.15) is 5.69 Å². The second kappa shape index (κ2) is 9.44. The van der Waals surface area contributed by atoms with Crippen LogP contribution in [0.2, 0.25) is 0 Å². The van der Waals surface area contributed by atoms with E-state index in [4.69, 9.17) is 9.47 Å². The average molecular weight is 477 g/mol. The molecule has 2 aromatic carbocycles. The topological polar surface area (TPSA) is 105 Å². The maximum absolute atomic E-state index is 13.2. The summed E-state index contributed by atoms with van der Waals surface area (Å²) in [5.41, 5.74) is 1.61. The summed E-state index contributed by atoms with van der Waals surface area (Å²) >= 11 is 0. The monoisotopic (exact) mass is 476 g/mol. The molecule has 2 aliphatic heterocycles. The van der Waals surface area contributed by atoms with Crippen molar-refractivity contribution in [1.29, 1.82) is 0 Å². The summed E-state index contributed by atoms with van der Waals surface area (Å²) in [6.45, 7) is 3.22. The number of methoxy groups -OCH3 is 2. The van der Waals surface area contributed by atoms with Gasteiger partial charge in [0.2, 0.25) is 10.0 Å². The van der Waals surface area contributed by atoms with Gasteiger partial charge in [-0.3, -0.25) is 10.1 Å². The largest absolute Gasteiger partial charge is 0.493 e. The Kier molecular flexibility index (Phi) is 6.61. The van der Waals surface area contributed by atoms with Gasteiger partial charge in [-0.2, -0.15) is 4.31 Å². The predicted molar refractivity (Wildman–Crippen MR) is 125 cm³/mol. The normalized spacial score (nSPS) is 17.3. The molecule has 2 fully saturated rings. The lowest BCUT2D eigenvalue weighted by Crippen LogP contribution is -2.48. The minimum Gasteiger partial charge on any atom is -0.493 e. The molecule has 33 heavy (non-hydrogen) atoms. The SMILES string of the molecule is COc1ccc(S(=O)(=O)N2CCN(c3ccc([N+](=O)[O-])c(N4CCCC4)c3)CC2)cc1OC. The van der Waals surface area contributed by atoms with Crippen molar-refractivity contribution in [3.05, 3.63) is 46.5 Å². The molecule has 4 rings (SSSR count). The van der Waals surface area contributed by atoms with Crippen molar-refractivity contribution >= 4 is 27.1 Å². The van der Waals surface area contributed by atoms with E-state index >= 15 is 0 Å². The number of hydrogen-bond acceptors (Lipinski definition) is 8. The molecule has 2 heterocycles. The molecule has 0 atom stereocenters. The zero-order valence-electron chi connectivity index (χ0n) is 18.8. The fourth-order valence-corrected chi connectivity index (χ4v) is 5.83. The van der Waals surface area contributed by atoms with Crippen LogP contribution in [-0.4, -0.2) is 71.1 Å². The van der Waals surface area contributed by atoms with E-state index in [-0.39, 0.29) is 15.5 Å². The Morgan fingerprint density at radius 1 is 0.848 bits per heavy atom. The molecule has 0 aliphatic carbocycles. The second-order valence-corrected chi connectivity index (χ2v) is 9.97. The number of rotatable bonds is 7. The second-order valence-electron chi connectivity index (χ2n) is 8.03. The van der Waals surface area contributed by atoms with Crippen molar-refractivity contribution in [2.24, 2.45) is 0 Å². The first kappa shape index (κ1) is 23.1. The van der Waals surface area contributed by atoms with Gasteiger partial charge in [-0.15, -0.1) is 0 Å². The third-order valence-electron chi connectivity index (χ3n) is 6.20. The van der Waals surface area contributed by atoms with E-state index in [1.807, 2.05) is 6.07 Å². The molecule has 2 aliphatic rings. The van der Waals surface area contributed by atoms with Crippen LogP contribution in [-0.2, 0) is 10.0 Å². The number of sulfonamides is 1. The van der Waals surface area contributed by atoms with Crippen molar-refractivity contribution in [2.45, 2.75) is 17.7 Å². The van der Waals surface area contributed by atoms with Crippen LogP contribution in [0.25, 0.3) is 0 Å². The quantitative estimate of drug-likeness (QED) is 0.444. The highest BCUT2D eigenvalue weighted by atomic mass is 32.2. The Hall–Kier alpha value is -3.05. The number of anilines is 2. The van der Waals surface area contributed by atoms with E-state index in [0.29, 0.717) is 43.4 Å². The van der Waals surface area contributed by atoms with Crippen LogP contribution in [0.3, 0.4) is 0 Å².